The van der Waals surface area contributed by atoms with Crippen LogP contribution in [0.5, 0.6) is 5.75 Å². The van der Waals surface area contributed by atoms with E-state index in [0.717, 1.165) is 80.5 Å². The Hall–Kier alpha value is -3.32. The fourth-order valence-corrected chi connectivity index (χ4v) is 7.34. The molecule has 234 valence electrons. The minimum Gasteiger partial charge on any atom is -0.496 e. The Balaban J connectivity index is 1.17. The number of carbonyl (C=O) groups excluding carboxylic acids is 2. The van der Waals surface area contributed by atoms with E-state index in [1.54, 1.807) is 7.11 Å². The van der Waals surface area contributed by atoms with E-state index in [0.29, 0.717) is 17.9 Å². The molecule has 0 saturated heterocycles. The predicted octanol–water partition coefficient (Wildman–Crippen LogP) is 7.42. The van der Waals surface area contributed by atoms with E-state index in [1.165, 1.54) is 24.0 Å². The lowest BCUT2D eigenvalue weighted by Gasteiger charge is -2.36. The molecule has 1 aromatic heterocycles. The lowest BCUT2D eigenvalue weighted by Crippen LogP contribution is -2.44. The Morgan fingerprint density at radius 1 is 0.977 bits per heavy atom. The lowest BCUT2D eigenvalue weighted by molar-refractivity contribution is -0.123. The SMILES string of the molecule is COc1ccc(C2CCC(CN(C(=O)C3CCC(NC(=O)CCl)CC3)c3cccc(-c4cnn(C5CC5)c4)c3)CC2)cc1C. The van der Waals surface area contributed by atoms with E-state index < -0.39 is 0 Å². The van der Waals surface area contributed by atoms with E-state index >= 15 is 0 Å². The van der Waals surface area contributed by atoms with Crippen LogP contribution in [0.25, 0.3) is 11.1 Å². The highest BCUT2D eigenvalue weighted by atomic mass is 35.5. The lowest BCUT2D eigenvalue weighted by atomic mass is 9.78. The van der Waals surface area contributed by atoms with Crippen LogP contribution in [-0.4, -0.2) is 47.2 Å². The average molecular weight is 617 g/mol. The van der Waals surface area contributed by atoms with Crippen LogP contribution in [0.2, 0.25) is 0 Å². The van der Waals surface area contributed by atoms with E-state index in [1.807, 2.05) is 6.20 Å². The Morgan fingerprint density at radius 2 is 1.75 bits per heavy atom. The molecular weight excluding hydrogens is 572 g/mol. The van der Waals surface area contributed by atoms with Crippen molar-refractivity contribution in [2.75, 3.05) is 24.4 Å². The van der Waals surface area contributed by atoms with Crippen LogP contribution >= 0.6 is 11.6 Å². The first-order valence-electron chi connectivity index (χ1n) is 16.4. The van der Waals surface area contributed by atoms with E-state index in [2.05, 4.69) is 75.6 Å². The van der Waals surface area contributed by atoms with Crippen molar-refractivity contribution < 1.29 is 14.3 Å². The Kier molecular flexibility index (Phi) is 9.60. The van der Waals surface area contributed by atoms with Crippen LogP contribution in [0.3, 0.4) is 0 Å². The minimum absolute atomic E-state index is 0.0249. The van der Waals surface area contributed by atoms with Crippen molar-refractivity contribution in [2.24, 2.45) is 11.8 Å². The van der Waals surface area contributed by atoms with Crippen LogP contribution < -0.4 is 15.0 Å². The molecule has 0 atom stereocenters. The van der Waals surface area contributed by atoms with Crippen molar-refractivity contribution in [3.05, 3.63) is 66.0 Å². The topological polar surface area (TPSA) is 76.5 Å². The molecule has 3 aliphatic rings. The summed E-state index contributed by atoms with van der Waals surface area (Å²) in [5.74, 6) is 1.95. The fraction of sp³-hybridized carbons (Fsp3) is 0.528. The summed E-state index contributed by atoms with van der Waals surface area (Å²) in [5.41, 5.74) is 5.74. The molecule has 3 saturated carbocycles. The molecule has 7 nitrogen and oxygen atoms in total. The van der Waals surface area contributed by atoms with Crippen molar-refractivity contribution in [3.63, 3.8) is 0 Å². The fourth-order valence-electron chi connectivity index (χ4n) is 7.27. The summed E-state index contributed by atoms with van der Waals surface area (Å²) in [7, 11) is 1.72. The molecule has 0 spiro atoms. The highest BCUT2D eigenvalue weighted by Gasteiger charge is 2.33. The zero-order valence-corrected chi connectivity index (χ0v) is 26.8. The summed E-state index contributed by atoms with van der Waals surface area (Å²) in [4.78, 5) is 28.2. The molecule has 2 amide bonds. The number of halogens is 1. The van der Waals surface area contributed by atoms with E-state index in [-0.39, 0.29) is 29.7 Å². The summed E-state index contributed by atoms with van der Waals surface area (Å²) >= 11 is 5.71. The highest BCUT2D eigenvalue weighted by Crippen LogP contribution is 2.39. The molecule has 2 aromatic carbocycles. The number of methoxy groups -OCH3 is 1. The highest BCUT2D eigenvalue weighted by molar-refractivity contribution is 6.27. The number of aryl methyl sites for hydroxylation is 1. The first-order valence-corrected chi connectivity index (χ1v) is 16.9. The minimum atomic E-state index is -0.134. The van der Waals surface area contributed by atoms with Gasteiger partial charge in [-0.25, -0.2) is 0 Å². The van der Waals surface area contributed by atoms with Crippen molar-refractivity contribution in [1.29, 1.82) is 0 Å². The third-order valence-electron chi connectivity index (χ3n) is 10.0. The molecule has 0 radical (unpaired) electrons. The van der Waals surface area contributed by atoms with Gasteiger partial charge < -0.3 is 15.0 Å². The maximum atomic E-state index is 14.3. The Morgan fingerprint density at radius 3 is 2.43 bits per heavy atom. The van der Waals surface area contributed by atoms with Crippen molar-refractivity contribution in [2.45, 2.75) is 89.1 Å². The summed E-state index contributed by atoms with van der Waals surface area (Å²) in [6.07, 6.45) is 14.1. The first-order chi connectivity index (χ1) is 21.4. The predicted molar refractivity (Wildman–Crippen MR) is 175 cm³/mol. The molecule has 0 bridgehead atoms. The van der Waals surface area contributed by atoms with Gasteiger partial charge in [-0.15, -0.1) is 11.6 Å². The maximum Gasteiger partial charge on any atom is 0.235 e. The number of ether oxygens (including phenoxy) is 1. The van der Waals surface area contributed by atoms with E-state index in [9.17, 15) is 9.59 Å². The van der Waals surface area contributed by atoms with Gasteiger partial charge >= 0.3 is 0 Å². The number of rotatable bonds is 10. The van der Waals surface area contributed by atoms with Crippen molar-refractivity contribution >= 4 is 29.1 Å². The second-order valence-corrected chi connectivity index (χ2v) is 13.4. The van der Waals surface area contributed by atoms with Gasteiger partial charge in [0.25, 0.3) is 0 Å². The third kappa shape index (κ3) is 7.14. The van der Waals surface area contributed by atoms with Gasteiger partial charge in [-0.1, -0.05) is 24.3 Å². The molecule has 6 rings (SSSR count). The van der Waals surface area contributed by atoms with Crippen LogP contribution in [0.15, 0.2) is 54.9 Å². The normalized spacial score (nSPS) is 23.6. The molecule has 3 aliphatic carbocycles. The summed E-state index contributed by atoms with van der Waals surface area (Å²) < 4.78 is 7.55. The van der Waals surface area contributed by atoms with Gasteiger partial charge in [-0.2, -0.15) is 5.10 Å². The number of hydrogen-bond donors (Lipinski definition) is 1. The first kappa shape index (κ1) is 30.7. The van der Waals surface area contributed by atoms with E-state index in [4.69, 9.17) is 16.3 Å². The van der Waals surface area contributed by atoms with Crippen LogP contribution in [0.4, 0.5) is 5.69 Å². The number of amides is 2. The quantitative estimate of drug-likeness (QED) is 0.240. The molecule has 1 heterocycles. The second kappa shape index (κ2) is 13.8. The molecule has 0 unspecified atom stereocenters. The van der Waals surface area contributed by atoms with Crippen molar-refractivity contribution in [1.82, 2.24) is 15.1 Å². The molecule has 0 aliphatic heterocycles. The average Bonchev–Trinajstić information content (AvgIpc) is 3.79. The number of alkyl halides is 1. The Labute approximate surface area is 266 Å². The van der Waals surface area contributed by atoms with Crippen LogP contribution in [-0.2, 0) is 9.59 Å². The molecule has 44 heavy (non-hydrogen) atoms. The number of carbonyl (C=O) groups is 2. The summed E-state index contributed by atoms with van der Waals surface area (Å²) in [5, 5.41) is 7.61. The van der Waals surface area contributed by atoms with Gasteiger partial charge in [-0.05, 0) is 118 Å². The standard InChI is InChI=1S/C36H45ClN4O3/c1-24-18-29(12-17-34(24)44-2)26-8-6-25(7-9-26)22-40(36(43)27-10-13-31(14-11-27)39-35(42)20-37)33-5-3-4-28(19-33)30-21-38-41(23-30)32-15-16-32/h3-5,12,17-19,21,23,25-27,31-32H,6-11,13-16,20,22H2,1-2H3,(H,39,42). The summed E-state index contributed by atoms with van der Waals surface area (Å²) in [6, 6.07) is 15.7. The zero-order valence-electron chi connectivity index (χ0n) is 26.0. The van der Waals surface area contributed by atoms with Gasteiger partial charge in [0.1, 0.15) is 11.6 Å². The van der Waals surface area contributed by atoms with Gasteiger partial charge in [0.15, 0.2) is 0 Å². The molecule has 8 heteroatoms. The van der Waals surface area contributed by atoms with Crippen molar-refractivity contribution in [3.8, 4) is 16.9 Å². The molecule has 3 aromatic rings. The van der Waals surface area contributed by atoms with Gasteiger partial charge in [0.05, 0.1) is 19.3 Å². The Bertz CT molecular complexity index is 1450. The number of hydrogen-bond acceptors (Lipinski definition) is 4. The largest absolute Gasteiger partial charge is 0.496 e. The number of nitrogens with one attached hydrogen (secondary N) is 1. The van der Waals surface area contributed by atoms with Gasteiger partial charge in [0, 0.05) is 36.0 Å². The van der Waals surface area contributed by atoms with Crippen LogP contribution in [0, 0.1) is 18.8 Å². The third-order valence-corrected chi connectivity index (χ3v) is 10.3. The van der Waals surface area contributed by atoms with Crippen LogP contribution in [0.1, 0.15) is 87.3 Å². The monoisotopic (exact) mass is 616 g/mol. The second-order valence-electron chi connectivity index (χ2n) is 13.1. The van der Waals surface area contributed by atoms with Gasteiger partial charge in [0.2, 0.25) is 11.8 Å². The summed E-state index contributed by atoms with van der Waals surface area (Å²) in [6.45, 7) is 2.85. The molecule has 1 N–H and O–H groups in total. The number of aromatic nitrogens is 2. The number of benzene rings is 2. The smallest absolute Gasteiger partial charge is 0.235 e. The number of anilines is 1. The molecule has 3 fully saturated rings. The zero-order chi connectivity index (χ0) is 30.6. The maximum absolute atomic E-state index is 14.3. The van der Waals surface area contributed by atoms with Gasteiger partial charge in [-0.3, -0.25) is 14.3 Å². The molecular formula is C36H45ClN4O3. The number of nitrogens with zero attached hydrogens (tertiary/aromatic N) is 3.